The van der Waals surface area contributed by atoms with E-state index in [0.29, 0.717) is 10.6 Å². The number of carbonyl (C=O) groups is 1. The molecule has 1 aromatic carbocycles. The van der Waals surface area contributed by atoms with Crippen molar-refractivity contribution in [1.82, 2.24) is 4.98 Å². The number of halogens is 2. The maximum atomic E-state index is 13.2. The van der Waals surface area contributed by atoms with Gasteiger partial charge in [0.05, 0.1) is 16.8 Å². The standard InChI is InChI=1S/C15H10BrFN2OS/c1-8-4-11(7-18-14(8)16)19-15(20)13-5-9-2-3-10(17)6-12(9)21-13/h2-7H,1H3,(H,19,20). The van der Waals surface area contributed by atoms with E-state index in [-0.39, 0.29) is 11.7 Å². The Labute approximate surface area is 133 Å². The number of hydrogen-bond acceptors (Lipinski definition) is 3. The van der Waals surface area contributed by atoms with Crippen LogP contribution in [0, 0.1) is 12.7 Å². The first-order valence-electron chi connectivity index (χ1n) is 6.15. The number of thiophene rings is 1. The molecule has 21 heavy (non-hydrogen) atoms. The van der Waals surface area contributed by atoms with Gasteiger partial charge in [0.15, 0.2) is 0 Å². The van der Waals surface area contributed by atoms with Gasteiger partial charge < -0.3 is 5.32 Å². The van der Waals surface area contributed by atoms with Gasteiger partial charge in [-0.15, -0.1) is 11.3 Å². The third-order valence-electron chi connectivity index (χ3n) is 2.98. The molecule has 0 saturated carbocycles. The SMILES string of the molecule is Cc1cc(NC(=O)c2cc3ccc(F)cc3s2)cnc1Br. The summed E-state index contributed by atoms with van der Waals surface area (Å²) in [6.07, 6.45) is 1.59. The van der Waals surface area contributed by atoms with Crippen molar-refractivity contribution in [3.05, 3.63) is 57.4 Å². The molecule has 106 valence electrons. The van der Waals surface area contributed by atoms with E-state index < -0.39 is 0 Å². The van der Waals surface area contributed by atoms with Crippen molar-refractivity contribution in [2.45, 2.75) is 6.92 Å². The largest absolute Gasteiger partial charge is 0.320 e. The number of pyridine rings is 1. The molecule has 1 N–H and O–H groups in total. The van der Waals surface area contributed by atoms with Gasteiger partial charge in [-0.2, -0.15) is 0 Å². The quantitative estimate of drug-likeness (QED) is 0.666. The summed E-state index contributed by atoms with van der Waals surface area (Å²) in [4.78, 5) is 16.9. The molecule has 0 bridgehead atoms. The zero-order valence-corrected chi connectivity index (χ0v) is 13.4. The molecule has 0 spiro atoms. The average molecular weight is 365 g/mol. The van der Waals surface area contributed by atoms with Gasteiger partial charge in [-0.3, -0.25) is 4.79 Å². The number of hydrogen-bond donors (Lipinski definition) is 1. The fraction of sp³-hybridized carbons (Fsp3) is 0.0667. The lowest BCUT2D eigenvalue weighted by molar-refractivity contribution is 0.103. The van der Waals surface area contributed by atoms with E-state index >= 15 is 0 Å². The number of anilines is 1. The number of aryl methyl sites for hydroxylation is 1. The lowest BCUT2D eigenvalue weighted by Gasteiger charge is -2.04. The van der Waals surface area contributed by atoms with Crippen LogP contribution in [-0.4, -0.2) is 10.9 Å². The second-order valence-electron chi connectivity index (χ2n) is 4.58. The predicted octanol–water partition coefficient (Wildman–Crippen LogP) is 4.76. The average Bonchev–Trinajstić information content (AvgIpc) is 2.86. The van der Waals surface area contributed by atoms with E-state index in [9.17, 15) is 9.18 Å². The van der Waals surface area contributed by atoms with E-state index in [0.717, 1.165) is 20.3 Å². The molecule has 0 aliphatic rings. The van der Waals surface area contributed by atoms with Gasteiger partial charge in [0.25, 0.3) is 5.91 Å². The molecular weight excluding hydrogens is 355 g/mol. The second-order valence-corrected chi connectivity index (χ2v) is 6.41. The third-order valence-corrected chi connectivity index (χ3v) is 4.90. The molecule has 0 atom stereocenters. The Kier molecular flexibility index (Phi) is 3.73. The molecule has 0 saturated heterocycles. The Morgan fingerprint density at radius 2 is 2.14 bits per heavy atom. The van der Waals surface area contributed by atoms with Crippen molar-refractivity contribution in [2.24, 2.45) is 0 Å². The number of fused-ring (bicyclic) bond motifs is 1. The lowest BCUT2D eigenvalue weighted by Crippen LogP contribution is -2.10. The van der Waals surface area contributed by atoms with Crippen LogP contribution in [0.25, 0.3) is 10.1 Å². The zero-order valence-electron chi connectivity index (χ0n) is 11.0. The van der Waals surface area contributed by atoms with E-state index in [1.54, 1.807) is 18.3 Å². The Morgan fingerprint density at radius 3 is 2.90 bits per heavy atom. The smallest absolute Gasteiger partial charge is 0.265 e. The van der Waals surface area contributed by atoms with Crippen LogP contribution >= 0.6 is 27.3 Å². The molecule has 3 rings (SSSR count). The van der Waals surface area contributed by atoms with Gasteiger partial charge in [-0.25, -0.2) is 9.37 Å². The van der Waals surface area contributed by atoms with Crippen LogP contribution in [0.3, 0.4) is 0 Å². The molecule has 6 heteroatoms. The van der Waals surface area contributed by atoms with Crippen LogP contribution in [0.2, 0.25) is 0 Å². The fourth-order valence-electron chi connectivity index (χ4n) is 1.94. The number of carbonyl (C=O) groups excluding carboxylic acids is 1. The highest BCUT2D eigenvalue weighted by Crippen LogP contribution is 2.27. The van der Waals surface area contributed by atoms with Crippen molar-refractivity contribution in [1.29, 1.82) is 0 Å². The maximum Gasteiger partial charge on any atom is 0.265 e. The van der Waals surface area contributed by atoms with Crippen LogP contribution in [-0.2, 0) is 0 Å². The molecule has 1 amide bonds. The van der Waals surface area contributed by atoms with Gasteiger partial charge >= 0.3 is 0 Å². The minimum atomic E-state index is -0.302. The first kappa shape index (κ1) is 14.2. The van der Waals surface area contributed by atoms with Gasteiger partial charge in [-0.05, 0) is 58.1 Å². The molecule has 0 unspecified atom stereocenters. The summed E-state index contributed by atoms with van der Waals surface area (Å²) in [5.74, 6) is -0.524. The van der Waals surface area contributed by atoms with Crippen LogP contribution in [0.15, 0.2) is 41.1 Å². The van der Waals surface area contributed by atoms with Gasteiger partial charge in [-0.1, -0.05) is 6.07 Å². The molecule has 3 aromatic rings. The van der Waals surface area contributed by atoms with Crippen molar-refractivity contribution < 1.29 is 9.18 Å². The number of benzene rings is 1. The highest BCUT2D eigenvalue weighted by atomic mass is 79.9. The van der Waals surface area contributed by atoms with E-state index in [2.05, 4.69) is 26.2 Å². The highest BCUT2D eigenvalue weighted by Gasteiger charge is 2.11. The lowest BCUT2D eigenvalue weighted by atomic mass is 10.2. The molecule has 2 heterocycles. The minimum Gasteiger partial charge on any atom is -0.320 e. The minimum absolute atomic E-state index is 0.222. The van der Waals surface area contributed by atoms with Crippen molar-refractivity contribution in [2.75, 3.05) is 5.32 Å². The van der Waals surface area contributed by atoms with Crippen LogP contribution in [0.4, 0.5) is 10.1 Å². The van der Waals surface area contributed by atoms with Gasteiger partial charge in [0.1, 0.15) is 10.4 Å². The molecule has 0 aliphatic carbocycles. The second kappa shape index (κ2) is 5.54. The summed E-state index contributed by atoms with van der Waals surface area (Å²) < 4.78 is 14.7. The first-order chi connectivity index (χ1) is 10.0. The number of amides is 1. The topological polar surface area (TPSA) is 42.0 Å². The molecule has 0 aliphatic heterocycles. The fourth-order valence-corrected chi connectivity index (χ4v) is 3.14. The third kappa shape index (κ3) is 2.96. The summed E-state index contributed by atoms with van der Waals surface area (Å²) in [6.45, 7) is 1.90. The van der Waals surface area contributed by atoms with Crippen LogP contribution in [0.1, 0.15) is 15.2 Å². The number of aromatic nitrogens is 1. The summed E-state index contributed by atoms with van der Waals surface area (Å²) in [5.41, 5.74) is 1.57. The summed E-state index contributed by atoms with van der Waals surface area (Å²) in [7, 11) is 0. The monoisotopic (exact) mass is 364 g/mol. The molecule has 0 radical (unpaired) electrons. The van der Waals surface area contributed by atoms with Gasteiger partial charge in [0.2, 0.25) is 0 Å². The van der Waals surface area contributed by atoms with Crippen molar-refractivity contribution in [3.8, 4) is 0 Å². The maximum absolute atomic E-state index is 13.2. The van der Waals surface area contributed by atoms with E-state index in [1.807, 2.05) is 13.0 Å². The van der Waals surface area contributed by atoms with Crippen molar-refractivity contribution >= 4 is 48.9 Å². The first-order valence-corrected chi connectivity index (χ1v) is 7.76. The Bertz CT molecular complexity index is 847. The zero-order chi connectivity index (χ0) is 15.0. The Morgan fingerprint density at radius 1 is 1.33 bits per heavy atom. The van der Waals surface area contributed by atoms with E-state index in [4.69, 9.17) is 0 Å². The van der Waals surface area contributed by atoms with E-state index in [1.165, 1.54) is 23.5 Å². The predicted molar refractivity (Wildman–Crippen MR) is 86.4 cm³/mol. The Hall–Kier alpha value is -1.79. The number of nitrogens with zero attached hydrogens (tertiary/aromatic N) is 1. The van der Waals surface area contributed by atoms with Crippen molar-refractivity contribution in [3.63, 3.8) is 0 Å². The summed E-state index contributed by atoms with van der Waals surface area (Å²) in [6, 6.07) is 8.08. The summed E-state index contributed by atoms with van der Waals surface area (Å²) >= 11 is 4.58. The van der Waals surface area contributed by atoms with Crippen LogP contribution in [0.5, 0.6) is 0 Å². The molecule has 3 nitrogen and oxygen atoms in total. The summed E-state index contributed by atoms with van der Waals surface area (Å²) in [5, 5.41) is 3.65. The Balaban J connectivity index is 1.87. The van der Waals surface area contributed by atoms with Crippen LogP contribution < -0.4 is 5.32 Å². The highest BCUT2D eigenvalue weighted by molar-refractivity contribution is 9.10. The number of rotatable bonds is 2. The molecular formula is C15H10BrFN2OS. The molecule has 0 fully saturated rings. The molecule has 2 aromatic heterocycles. The normalized spacial score (nSPS) is 10.8. The van der Waals surface area contributed by atoms with Gasteiger partial charge in [0, 0.05) is 4.70 Å². The number of nitrogens with one attached hydrogen (secondary N) is 1.